The van der Waals surface area contributed by atoms with E-state index in [-0.39, 0.29) is 18.6 Å². The van der Waals surface area contributed by atoms with Crippen molar-refractivity contribution < 1.29 is 18.7 Å². The molecular weight excluding hydrogens is 384 g/mol. The van der Waals surface area contributed by atoms with Crippen molar-refractivity contribution >= 4 is 22.9 Å². The largest absolute Gasteiger partial charge is 0.466 e. The van der Waals surface area contributed by atoms with Crippen molar-refractivity contribution in [2.75, 3.05) is 19.7 Å². The maximum Gasteiger partial charge on any atom is 0.339 e. The Morgan fingerprint density at radius 3 is 2.73 bits per heavy atom. The van der Waals surface area contributed by atoms with Gasteiger partial charge in [0.2, 0.25) is 5.91 Å². The molecule has 0 bridgehead atoms. The molecule has 8 heteroatoms. The molecule has 1 fully saturated rings. The van der Waals surface area contributed by atoms with Gasteiger partial charge in [0.1, 0.15) is 18.1 Å². The van der Waals surface area contributed by atoms with Crippen LogP contribution in [0.2, 0.25) is 0 Å². The molecule has 8 nitrogen and oxygen atoms in total. The number of carbonyl (C=O) groups excluding carboxylic acids is 2. The van der Waals surface area contributed by atoms with Crippen molar-refractivity contribution in [2.24, 2.45) is 0 Å². The van der Waals surface area contributed by atoms with E-state index in [9.17, 15) is 9.59 Å². The van der Waals surface area contributed by atoms with Gasteiger partial charge in [-0.15, -0.1) is 0 Å². The summed E-state index contributed by atoms with van der Waals surface area (Å²) in [7, 11) is 0. The van der Waals surface area contributed by atoms with Gasteiger partial charge in [0.15, 0.2) is 5.65 Å². The van der Waals surface area contributed by atoms with E-state index in [0.717, 1.165) is 30.0 Å². The van der Waals surface area contributed by atoms with Gasteiger partial charge in [-0.2, -0.15) is 5.10 Å². The van der Waals surface area contributed by atoms with Gasteiger partial charge in [0.05, 0.1) is 29.4 Å². The summed E-state index contributed by atoms with van der Waals surface area (Å²) < 4.78 is 13.0. The van der Waals surface area contributed by atoms with E-state index in [1.807, 2.05) is 33.8 Å². The fraction of sp³-hybridized carbons (Fsp3) is 0.455. The first kappa shape index (κ1) is 20.1. The molecule has 0 unspecified atom stereocenters. The van der Waals surface area contributed by atoms with Crippen molar-refractivity contribution in [3.05, 3.63) is 35.4 Å². The molecule has 0 N–H and O–H groups in total. The van der Waals surface area contributed by atoms with Gasteiger partial charge in [-0.25, -0.2) is 14.5 Å². The average Bonchev–Trinajstić information content (AvgIpc) is 3.39. The van der Waals surface area contributed by atoms with Gasteiger partial charge in [0.25, 0.3) is 0 Å². The summed E-state index contributed by atoms with van der Waals surface area (Å²) in [6, 6.07) is 3.73. The molecule has 0 spiro atoms. The molecule has 4 rings (SSSR count). The average molecular weight is 410 g/mol. The van der Waals surface area contributed by atoms with Crippen LogP contribution in [0.4, 0.5) is 0 Å². The molecular formula is C22H26N4O4. The number of furan rings is 1. The van der Waals surface area contributed by atoms with Crippen molar-refractivity contribution in [3.8, 4) is 11.3 Å². The van der Waals surface area contributed by atoms with Gasteiger partial charge >= 0.3 is 5.97 Å². The number of hydrogen-bond acceptors (Lipinski definition) is 6. The third-order valence-corrected chi connectivity index (χ3v) is 5.36. The number of aromatic nitrogens is 3. The SMILES string of the molecule is Cc1cc(-c2cc(C(=O)OCCN3CCCC3=O)c3cnn(C(C)C)c3n2)c(C)o1. The van der Waals surface area contributed by atoms with Gasteiger partial charge in [-0.05, 0) is 46.2 Å². The third kappa shape index (κ3) is 3.69. The number of aryl methyl sites for hydroxylation is 2. The monoisotopic (exact) mass is 410 g/mol. The van der Waals surface area contributed by atoms with Crippen molar-refractivity contribution in [2.45, 2.75) is 46.6 Å². The fourth-order valence-electron chi connectivity index (χ4n) is 3.85. The Morgan fingerprint density at radius 1 is 1.30 bits per heavy atom. The van der Waals surface area contributed by atoms with E-state index in [1.165, 1.54) is 0 Å². The Morgan fingerprint density at radius 2 is 2.10 bits per heavy atom. The molecule has 0 saturated carbocycles. The van der Waals surface area contributed by atoms with Crippen LogP contribution in [0.15, 0.2) is 22.7 Å². The standard InChI is InChI=1S/C22H26N4O4/c1-13(2)26-21-18(12-23-26)17(11-19(24-21)16-10-14(3)30-15(16)4)22(28)29-9-8-25-7-5-6-20(25)27/h10-13H,5-9H2,1-4H3. The highest BCUT2D eigenvalue weighted by Crippen LogP contribution is 2.30. The minimum atomic E-state index is -0.448. The predicted molar refractivity (Wildman–Crippen MR) is 111 cm³/mol. The summed E-state index contributed by atoms with van der Waals surface area (Å²) in [5.74, 6) is 1.18. The zero-order chi connectivity index (χ0) is 21.4. The lowest BCUT2D eigenvalue weighted by Gasteiger charge is -2.15. The molecule has 30 heavy (non-hydrogen) atoms. The number of amides is 1. The van der Waals surface area contributed by atoms with Crippen LogP contribution < -0.4 is 0 Å². The highest BCUT2D eigenvalue weighted by Gasteiger charge is 2.23. The van der Waals surface area contributed by atoms with E-state index in [1.54, 1.807) is 21.8 Å². The maximum atomic E-state index is 13.0. The lowest BCUT2D eigenvalue weighted by Crippen LogP contribution is -2.29. The van der Waals surface area contributed by atoms with Gasteiger partial charge in [-0.3, -0.25) is 4.79 Å². The zero-order valence-corrected chi connectivity index (χ0v) is 17.8. The summed E-state index contributed by atoms with van der Waals surface area (Å²) in [5, 5.41) is 5.07. The van der Waals surface area contributed by atoms with Gasteiger partial charge in [0, 0.05) is 24.6 Å². The van der Waals surface area contributed by atoms with Crippen molar-refractivity contribution in [3.63, 3.8) is 0 Å². The molecule has 0 radical (unpaired) electrons. The molecule has 1 aliphatic heterocycles. The van der Waals surface area contributed by atoms with Crippen LogP contribution in [0, 0.1) is 13.8 Å². The van der Waals surface area contributed by atoms with E-state index >= 15 is 0 Å². The topological polar surface area (TPSA) is 90.5 Å². The molecule has 0 atom stereocenters. The molecule has 158 valence electrons. The molecule has 3 aromatic rings. The van der Waals surface area contributed by atoms with Crippen LogP contribution >= 0.6 is 0 Å². The van der Waals surface area contributed by atoms with Crippen LogP contribution in [-0.2, 0) is 9.53 Å². The number of nitrogens with zero attached hydrogens (tertiary/aromatic N) is 4. The second-order valence-electron chi connectivity index (χ2n) is 7.92. The minimum Gasteiger partial charge on any atom is -0.466 e. The van der Waals surface area contributed by atoms with Crippen LogP contribution in [0.5, 0.6) is 0 Å². The molecule has 0 aromatic carbocycles. The van der Waals surface area contributed by atoms with Crippen LogP contribution in [0.3, 0.4) is 0 Å². The number of fused-ring (bicyclic) bond motifs is 1. The van der Waals surface area contributed by atoms with Gasteiger partial charge in [-0.1, -0.05) is 0 Å². The van der Waals surface area contributed by atoms with Crippen LogP contribution in [-0.4, -0.2) is 51.2 Å². The molecule has 1 amide bonds. The Balaban J connectivity index is 1.67. The predicted octanol–water partition coefficient (Wildman–Crippen LogP) is 3.67. The number of rotatable bonds is 6. The number of esters is 1. The molecule has 1 saturated heterocycles. The Labute approximate surface area is 174 Å². The van der Waals surface area contributed by atoms with Crippen LogP contribution in [0.25, 0.3) is 22.3 Å². The summed E-state index contributed by atoms with van der Waals surface area (Å²) in [6.45, 7) is 9.07. The normalized spacial score (nSPS) is 14.3. The number of hydrogen-bond donors (Lipinski definition) is 0. The van der Waals surface area contributed by atoms with E-state index in [2.05, 4.69) is 5.10 Å². The second kappa shape index (κ2) is 7.93. The highest BCUT2D eigenvalue weighted by molar-refractivity contribution is 6.03. The number of likely N-dealkylation sites (tertiary alicyclic amines) is 1. The minimum absolute atomic E-state index is 0.0856. The fourth-order valence-corrected chi connectivity index (χ4v) is 3.85. The number of carbonyl (C=O) groups is 2. The van der Waals surface area contributed by atoms with E-state index in [4.69, 9.17) is 14.1 Å². The summed E-state index contributed by atoms with van der Waals surface area (Å²) in [6.07, 6.45) is 3.08. The molecule has 0 aliphatic carbocycles. The second-order valence-corrected chi connectivity index (χ2v) is 7.92. The van der Waals surface area contributed by atoms with Crippen molar-refractivity contribution in [1.29, 1.82) is 0 Å². The third-order valence-electron chi connectivity index (χ3n) is 5.36. The Hall–Kier alpha value is -3.16. The first-order valence-electron chi connectivity index (χ1n) is 10.3. The van der Waals surface area contributed by atoms with Crippen molar-refractivity contribution in [1.82, 2.24) is 19.7 Å². The lowest BCUT2D eigenvalue weighted by atomic mass is 10.1. The summed E-state index contributed by atoms with van der Waals surface area (Å²) in [5.41, 5.74) is 2.51. The lowest BCUT2D eigenvalue weighted by molar-refractivity contribution is -0.128. The molecule has 1 aliphatic rings. The zero-order valence-electron chi connectivity index (χ0n) is 17.8. The smallest absolute Gasteiger partial charge is 0.339 e. The van der Waals surface area contributed by atoms with Gasteiger partial charge < -0.3 is 14.1 Å². The Bertz CT molecular complexity index is 1110. The highest BCUT2D eigenvalue weighted by atomic mass is 16.5. The first-order chi connectivity index (χ1) is 14.3. The Kier molecular flexibility index (Phi) is 5.32. The first-order valence-corrected chi connectivity index (χ1v) is 10.3. The maximum absolute atomic E-state index is 13.0. The number of pyridine rings is 1. The van der Waals surface area contributed by atoms with Crippen LogP contribution in [0.1, 0.15) is 54.6 Å². The quantitative estimate of drug-likeness (QED) is 0.576. The summed E-state index contributed by atoms with van der Waals surface area (Å²) >= 11 is 0. The number of ether oxygens (including phenoxy) is 1. The van der Waals surface area contributed by atoms with E-state index < -0.39 is 5.97 Å². The summed E-state index contributed by atoms with van der Waals surface area (Å²) in [4.78, 5) is 31.2. The van der Waals surface area contributed by atoms with E-state index in [0.29, 0.717) is 35.3 Å². The molecule has 4 heterocycles. The molecule has 3 aromatic heterocycles.